The van der Waals surface area contributed by atoms with Gasteiger partial charge in [-0.25, -0.2) is 9.18 Å². The topological polar surface area (TPSA) is 76.4 Å². The van der Waals surface area contributed by atoms with Gasteiger partial charge in [-0.05, 0) is 50.2 Å². The van der Waals surface area contributed by atoms with Crippen LogP contribution in [0.3, 0.4) is 0 Å². The van der Waals surface area contributed by atoms with Crippen molar-refractivity contribution in [2.45, 2.75) is 19.9 Å². The van der Waals surface area contributed by atoms with Gasteiger partial charge in [0, 0.05) is 23.5 Å². The molecule has 0 saturated heterocycles. The number of carbonyl (C=O) groups excluding carboxylic acids is 1. The lowest BCUT2D eigenvalue weighted by atomic mass is 10.3. The summed E-state index contributed by atoms with van der Waals surface area (Å²) >= 11 is 0. The molecule has 0 bridgehead atoms. The molecule has 5 nitrogen and oxygen atoms in total. The summed E-state index contributed by atoms with van der Waals surface area (Å²) < 4.78 is 19.1. The third-order valence-electron chi connectivity index (χ3n) is 2.72. The van der Waals surface area contributed by atoms with E-state index in [0.717, 1.165) is 0 Å². The van der Waals surface area contributed by atoms with Crippen LogP contribution in [-0.4, -0.2) is 12.1 Å². The highest BCUT2D eigenvalue weighted by molar-refractivity contribution is 5.89. The molecule has 0 unspecified atom stereocenters. The van der Waals surface area contributed by atoms with Crippen molar-refractivity contribution in [2.24, 2.45) is 0 Å². The highest BCUT2D eigenvalue weighted by Gasteiger charge is 2.06. The van der Waals surface area contributed by atoms with Gasteiger partial charge in [0.2, 0.25) is 0 Å². The maximum Gasteiger partial charge on any atom is 0.319 e. The second-order valence-electron chi connectivity index (χ2n) is 5.07. The van der Waals surface area contributed by atoms with E-state index in [4.69, 9.17) is 10.5 Å². The van der Waals surface area contributed by atoms with E-state index in [-0.39, 0.29) is 17.8 Å². The number of hydrogen-bond acceptors (Lipinski definition) is 3. The first-order valence-electron chi connectivity index (χ1n) is 6.84. The molecule has 0 aliphatic carbocycles. The monoisotopic (exact) mass is 303 g/mol. The van der Waals surface area contributed by atoms with Crippen molar-refractivity contribution in [3.63, 3.8) is 0 Å². The van der Waals surface area contributed by atoms with E-state index in [1.165, 1.54) is 12.1 Å². The second kappa shape index (κ2) is 6.80. The van der Waals surface area contributed by atoms with E-state index in [1.54, 1.807) is 30.3 Å². The van der Waals surface area contributed by atoms with Crippen LogP contribution in [0.4, 0.5) is 20.6 Å². The molecule has 4 N–H and O–H groups in total. The van der Waals surface area contributed by atoms with E-state index >= 15 is 0 Å². The fourth-order valence-corrected chi connectivity index (χ4v) is 1.76. The fourth-order valence-electron chi connectivity index (χ4n) is 1.76. The van der Waals surface area contributed by atoms with Gasteiger partial charge in [-0.3, -0.25) is 0 Å². The predicted molar refractivity (Wildman–Crippen MR) is 84.6 cm³/mol. The molecule has 0 aliphatic heterocycles. The molecular weight excluding hydrogens is 285 g/mol. The Balaban J connectivity index is 2.01. The minimum absolute atomic E-state index is 0.0519. The molecule has 6 heteroatoms. The molecule has 0 aromatic heterocycles. The van der Waals surface area contributed by atoms with Crippen molar-refractivity contribution in [3.8, 4) is 11.5 Å². The van der Waals surface area contributed by atoms with Gasteiger partial charge in [0.1, 0.15) is 5.75 Å². The Hall–Kier alpha value is -2.76. The van der Waals surface area contributed by atoms with E-state index in [2.05, 4.69) is 10.6 Å². The molecule has 0 aliphatic rings. The summed E-state index contributed by atoms with van der Waals surface area (Å²) in [5.74, 6) is 0.0180. The number of carbonyl (C=O) groups is 1. The summed E-state index contributed by atoms with van der Waals surface area (Å²) in [6, 6.07) is 10.6. The van der Waals surface area contributed by atoms with Crippen molar-refractivity contribution in [2.75, 3.05) is 11.1 Å². The number of nitrogens with one attached hydrogen (secondary N) is 2. The lowest BCUT2D eigenvalue weighted by Gasteiger charge is -2.11. The molecule has 0 radical (unpaired) electrons. The lowest BCUT2D eigenvalue weighted by Crippen LogP contribution is -2.34. The normalized spacial score (nSPS) is 10.4. The Morgan fingerprint density at radius 1 is 1.18 bits per heavy atom. The van der Waals surface area contributed by atoms with Gasteiger partial charge < -0.3 is 21.1 Å². The number of nitrogens with two attached hydrogens (primary N) is 1. The average Bonchev–Trinajstić information content (AvgIpc) is 2.43. The number of anilines is 2. The molecule has 116 valence electrons. The van der Waals surface area contributed by atoms with E-state index in [0.29, 0.717) is 17.1 Å². The minimum atomic E-state index is -0.529. The first kappa shape index (κ1) is 15.6. The first-order chi connectivity index (χ1) is 10.4. The maximum absolute atomic E-state index is 13.6. The third-order valence-corrected chi connectivity index (χ3v) is 2.72. The van der Waals surface area contributed by atoms with Crippen LogP contribution in [-0.2, 0) is 0 Å². The molecule has 0 fully saturated rings. The number of halogens is 1. The molecule has 0 saturated carbocycles. The largest absolute Gasteiger partial charge is 0.454 e. The molecule has 0 heterocycles. The van der Waals surface area contributed by atoms with Crippen LogP contribution in [0.25, 0.3) is 0 Å². The van der Waals surface area contributed by atoms with Gasteiger partial charge in [-0.1, -0.05) is 0 Å². The predicted octanol–water partition coefficient (Wildman–Crippen LogP) is 3.73. The summed E-state index contributed by atoms with van der Waals surface area (Å²) in [5, 5.41) is 5.40. The molecule has 0 spiro atoms. The molecular formula is C16H18FN3O2. The maximum atomic E-state index is 13.6. The number of ether oxygens (including phenoxy) is 1. The number of nitrogen functional groups attached to an aromatic ring is 1. The van der Waals surface area contributed by atoms with Gasteiger partial charge in [0.05, 0.1) is 0 Å². The Bertz CT molecular complexity index is 657. The number of rotatable bonds is 4. The van der Waals surface area contributed by atoms with Crippen LogP contribution >= 0.6 is 0 Å². The SMILES string of the molecule is CC(C)NC(=O)Nc1ccc(Oc2ccc(N)cc2F)cc1. The van der Waals surface area contributed by atoms with Gasteiger partial charge in [0.25, 0.3) is 0 Å². The van der Waals surface area contributed by atoms with Crippen LogP contribution in [0.1, 0.15) is 13.8 Å². The number of urea groups is 1. The van der Waals surface area contributed by atoms with Crippen molar-refractivity contribution in [3.05, 3.63) is 48.3 Å². The second-order valence-corrected chi connectivity index (χ2v) is 5.07. The summed E-state index contributed by atoms with van der Waals surface area (Å²) in [5.41, 5.74) is 6.43. The lowest BCUT2D eigenvalue weighted by molar-refractivity contribution is 0.250. The molecule has 22 heavy (non-hydrogen) atoms. The molecule has 2 amide bonds. The Labute approximate surface area is 128 Å². The Morgan fingerprint density at radius 3 is 2.45 bits per heavy atom. The van der Waals surface area contributed by atoms with Gasteiger partial charge in [0.15, 0.2) is 11.6 Å². The fraction of sp³-hybridized carbons (Fsp3) is 0.188. The van der Waals surface area contributed by atoms with Gasteiger partial charge in [-0.2, -0.15) is 0 Å². The van der Waals surface area contributed by atoms with Crippen LogP contribution in [0, 0.1) is 5.82 Å². The highest BCUT2D eigenvalue weighted by atomic mass is 19.1. The Kier molecular flexibility index (Phi) is 4.83. The van der Waals surface area contributed by atoms with E-state index in [1.807, 2.05) is 13.8 Å². The summed E-state index contributed by atoms with van der Waals surface area (Å²) in [6.07, 6.45) is 0. The van der Waals surface area contributed by atoms with Gasteiger partial charge in [-0.15, -0.1) is 0 Å². The van der Waals surface area contributed by atoms with Crippen molar-refractivity contribution < 1.29 is 13.9 Å². The number of hydrogen-bond donors (Lipinski definition) is 3. The van der Waals surface area contributed by atoms with Crippen LogP contribution in [0.2, 0.25) is 0 Å². The quantitative estimate of drug-likeness (QED) is 0.753. The molecule has 0 atom stereocenters. The van der Waals surface area contributed by atoms with Gasteiger partial charge >= 0.3 is 6.03 Å². The minimum Gasteiger partial charge on any atom is -0.454 e. The summed E-state index contributed by atoms with van der Waals surface area (Å²) in [4.78, 5) is 11.6. The zero-order chi connectivity index (χ0) is 16.1. The number of benzene rings is 2. The third kappa shape index (κ3) is 4.37. The average molecular weight is 303 g/mol. The highest BCUT2D eigenvalue weighted by Crippen LogP contribution is 2.26. The number of amides is 2. The van der Waals surface area contributed by atoms with Crippen LogP contribution in [0.5, 0.6) is 11.5 Å². The zero-order valence-electron chi connectivity index (χ0n) is 12.4. The molecule has 2 rings (SSSR count). The summed E-state index contributed by atoms with van der Waals surface area (Å²) in [6.45, 7) is 3.75. The van der Waals surface area contributed by atoms with E-state index < -0.39 is 5.82 Å². The summed E-state index contributed by atoms with van der Waals surface area (Å²) in [7, 11) is 0. The van der Waals surface area contributed by atoms with Crippen LogP contribution < -0.4 is 21.1 Å². The van der Waals surface area contributed by atoms with E-state index in [9.17, 15) is 9.18 Å². The van der Waals surface area contributed by atoms with Crippen molar-refractivity contribution >= 4 is 17.4 Å². The Morgan fingerprint density at radius 2 is 1.86 bits per heavy atom. The molecule has 2 aromatic carbocycles. The zero-order valence-corrected chi connectivity index (χ0v) is 12.4. The smallest absolute Gasteiger partial charge is 0.319 e. The van der Waals surface area contributed by atoms with Crippen molar-refractivity contribution in [1.82, 2.24) is 5.32 Å². The standard InChI is InChI=1S/C16H18FN3O2/c1-10(2)19-16(21)20-12-4-6-13(7-5-12)22-15-8-3-11(18)9-14(15)17/h3-10H,18H2,1-2H3,(H2,19,20,21). The first-order valence-corrected chi connectivity index (χ1v) is 6.84. The van der Waals surface area contributed by atoms with Crippen LogP contribution in [0.15, 0.2) is 42.5 Å². The van der Waals surface area contributed by atoms with Crippen molar-refractivity contribution in [1.29, 1.82) is 0 Å². The molecule has 2 aromatic rings.